The molecule has 0 saturated carbocycles. The number of carbonyl (C=O) groups is 2. The van der Waals surface area contributed by atoms with Crippen molar-refractivity contribution in [1.82, 2.24) is 5.32 Å². The molecule has 0 fully saturated rings. The first-order valence-corrected chi connectivity index (χ1v) is 8.57. The van der Waals surface area contributed by atoms with E-state index in [-0.39, 0.29) is 11.8 Å². The summed E-state index contributed by atoms with van der Waals surface area (Å²) in [5, 5.41) is 2.89. The first kappa shape index (κ1) is 18.7. The third-order valence-corrected chi connectivity index (χ3v) is 4.27. The molecule has 0 aliphatic carbocycles. The Balaban J connectivity index is 2.10. The highest BCUT2D eigenvalue weighted by Gasteiger charge is 2.39. The molecular formula is C21H26N2O2. The van der Waals surface area contributed by atoms with Gasteiger partial charge in [-0.25, -0.2) is 0 Å². The van der Waals surface area contributed by atoms with Crippen molar-refractivity contribution < 1.29 is 9.59 Å². The van der Waals surface area contributed by atoms with E-state index >= 15 is 0 Å². The lowest BCUT2D eigenvalue weighted by Crippen LogP contribution is -2.49. The zero-order valence-corrected chi connectivity index (χ0v) is 15.4. The minimum atomic E-state index is -1.14. The summed E-state index contributed by atoms with van der Waals surface area (Å²) in [7, 11) is 0. The van der Waals surface area contributed by atoms with E-state index in [1.807, 2.05) is 68.4 Å². The summed E-state index contributed by atoms with van der Waals surface area (Å²) in [6.07, 6.45) is 0. The number of hydrogen-bond donors (Lipinski definition) is 1. The first-order valence-electron chi connectivity index (χ1n) is 8.57. The van der Waals surface area contributed by atoms with Crippen molar-refractivity contribution in [2.75, 3.05) is 11.4 Å². The molecule has 0 saturated heterocycles. The SMILES string of the molecule is CCN(C(=O)C(C)(C)C(=O)NCc1cccc(C)c1)c1ccccc1. The molecular weight excluding hydrogens is 312 g/mol. The van der Waals surface area contributed by atoms with E-state index in [2.05, 4.69) is 5.32 Å². The topological polar surface area (TPSA) is 49.4 Å². The van der Waals surface area contributed by atoms with E-state index in [4.69, 9.17) is 0 Å². The van der Waals surface area contributed by atoms with Crippen molar-refractivity contribution in [1.29, 1.82) is 0 Å². The first-order chi connectivity index (χ1) is 11.9. The fourth-order valence-electron chi connectivity index (χ4n) is 2.71. The van der Waals surface area contributed by atoms with Gasteiger partial charge in [0.15, 0.2) is 0 Å². The Kier molecular flexibility index (Phi) is 5.97. The second-order valence-electron chi connectivity index (χ2n) is 6.68. The van der Waals surface area contributed by atoms with Gasteiger partial charge >= 0.3 is 0 Å². The predicted molar refractivity (Wildman–Crippen MR) is 101 cm³/mol. The molecule has 0 aromatic heterocycles. The van der Waals surface area contributed by atoms with E-state index in [9.17, 15) is 9.59 Å². The maximum atomic E-state index is 13.0. The summed E-state index contributed by atoms with van der Waals surface area (Å²) in [6.45, 7) is 8.19. The molecule has 132 valence electrons. The number of carbonyl (C=O) groups excluding carboxylic acids is 2. The van der Waals surface area contributed by atoms with Crippen molar-refractivity contribution in [2.24, 2.45) is 5.41 Å². The smallest absolute Gasteiger partial charge is 0.242 e. The number of para-hydroxylation sites is 1. The van der Waals surface area contributed by atoms with Crippen LogP contribution in [0.15, 0.2) is 54.6 Å². The van der Waals surface area contributed by atoms with Crippen molar-refractivity contribution in [3.05, 3.63) is 65.7 Å². The standard InChI is InChI=1S/C21H26N2O2/c1-5-23(18-12-7-6-8-13-18)20(25)21(3,4)19(24)22-15-17-11-9-10-16(2)14-17/h6-14H,5,15H2,1-4H3,(H,22,24). The third kappa shape index (κ3) is 4.47. The Bertz CT molecular complexity index is 739. The average Bonchev–Trinajstić information content (AvgIpc) is 2.61. The molecule has 0 aliphatic rings. The minimum Gasteiger partial charge on any atom is -0.351 e. The lowest BCUT2D eigenvalue weighted by atomic mass is 9.89. The summed E-state index contributed by atoms with van der Waals surface area (Å²) < 4.78 is 0. The molecule has 2 amide bonds. The second kappa shape index (κ2) is 7.97. The monoisotopic (exact) mass is 338 g/mol. The molecule has 0 unspecified atom stereocenters. The summed E-state index contributed by atoms with van der Waals surface area (Å²) >= 11 is 0. The lowest BCUT2D eigenvalue weighted by molar-refractivity contribution is -0.139. The molecule has 4 nitrogen and oxygen atoms in total. The Labute approximate surface area is 149 Å². The van der Waals surface area contributed by atoms with Gasteiger partial charge in [-0.2, -0.15) is 0 Å². The number of anilines is 1. The largest absolute Gasteiger partial charge is 0.351 e. The van der Waals surface area contributed by atoms with Crippen LogP contribution >= 0.6 is 0 Å². The number of aryl methyl sites for hydroxylation is 1. The third-order valence-electron chi connectivity index (χ3n) is 4.27. The van der Waals surface area contributed by atoms with Crippen LogP contribution in [0.4, 0.5) is 5.69 Å². The zero-order chi connectivity index (χ0) is 18.4. The van der Waals surface area contributed by atoms with Crippen LogP contribution in [0.2, 0.25) is 0 Å². The van der Waals surface area contributed by atoms with Gasteiger partial charge in [0.25, 0.3) is 0 Å². The summed E-state index contributed by atoms with van der Waals surface area (Å²) in [6, 6.07) is 17.4. The number of hydrogen-bond acceptors (Lipinski definition) is 2. The van der Waals surface area contributed by atoms with Gasteiger partial charge in [0.2, 0.25) is 11.8 Å². The molecule has 25 heavy (non-hydrogen) atoms. The van der Waals surface area contributed by atoms with Crippen molar-refractivity contribution in [3.8, 4) is 0 Å². The van der Waals surface area contributed by atoms with Crippen molar-refractivity contribution in [3.63, 3.8) is 0 Å². The van der Waals surface area contributed by atoms with Gasteiger partial charge < -0.3 is 10.2 Å². The highest BCUT2D eigenvalue weighted by molar-refractivity contribution is 6.10. The van der Waals surface area contributed by atoms with Gasteiger partial charge in [-0.3, -0.25) is 9.59 Å². The van der Waals surface area contributed by atoms with Crippen LogP contribution in [0, 0.1) is 12.3 Å². The van der Waals surface area contributed by atoms with Crippen molar-refractivity contribution >= 4 is 17.5 Å². The van der Waals surface area contributed by atoms with Crippen LogP contribution < -0.4 is 10.2 Å². The summed E-state index contributed by atoms with van der Waals surface area (Å²) in [5.41, 5.74) is 1.82. The quantitative estimate of drug-likeness (QED) is 0.817. The van der Waals surface area contributed by atoms with E-state index in [1.165, 1.54) is 0 Å². The van der Waals surface area contributed by atoms with E-state index in [1.54, 1.807) is 18.7 Å². The highest BCUT2D eigenvalue weighted by atomic mass is 16.2. The fraction of sp³-hybridized carbons (Fsp3) is 0.333. The number of nitrogens with zero attached hydrogens (tertiary/aromatic N) is 1. The van der Waals surface area contributed by atoms with Crippen LogP contribution in [-0.2, 0) is 16.1 Å². The van der Waals surface area contributed by atoms with E-state index in [0.29, 0.717) is 13.1 Å². The molecule has 0 heterocycles. The minimum absolute atomic E-state index is 0.206. The Hall–Kier alpha value is -2.62. The van der Waals surface area contributed by atoms with Gasteiger partial charge in [-0.15, -0.1) is 0 Å². The number of nitrogens with one attached hydrogen (secondary N) is 1. The molecule has 0 bridgehead atoms. The second-order valence-corrected chi connectivity index (χ2v) is 6.68. The molecule has 0 aliphatic heterocycles. The van der Waals surface area contributed by atoms with Crippen LogP contribution in [0.1, 0.15) is 31.9 Å². The van der Waals surface area contributed by atoms with Crippen LogP contribution in [0.25, 0.3) is 0 Å². The van der Waals surface area contributed by atoms with Gasteiger partial charge in [-0.1, -0.05) is 48.0 Å². The van der Waals surface area contributed by atoms with Gasteiger partial charge in [0.1, 0.15) is 5.41 Å². The number of rotatable bonds is 6. The normalized spacial score (nSPS) is 11.0. The van der Waals surface area contributed by atoms with Gasteiger partial charge in [-0.05, 0) is 45.4 Å². The maximum Gasteiger partial charge on any atom is 0.242 e. The number of amides is 2. The molecule has 2 aromatic rings. The Morgan fingerprint density at radius 2 is 1.72 bits per heavy atom. The van der Waals surface area contributed by atoms with Gasteiger partial charge in [0.05, 0.1) is 0 Å². The molecule has 0 spiro atoms. The molecule has 4 heteroatoms. The molecule has 1 N–H and O–H groups in total. The van der Waals surface area contributed by atoms with E-state index in [0.717, 1.165) is 16.8 Å². The molecule has 0 atom stereocenters. The fourth-order valence-corrected chi connectivity index (χ4v) is 2.71. The Morgan fingerprint density at radius 1 is 1.04 bits per heavy atom. The molecule has 0 radical (unpaired) electrons. The average molecular weight is 338 g/mol. The summed E-state index contributed by atoms with van der Waals surface area (Å²) in [4.78, 5) is 27.3. The van der Waals surface area contributed by atoms with Crippen LogP contribution in [0.3, 0.4) is 0 Å². The molecule has 2 aromatic carbocycles. The van der Waals surface area contributed by atoms with Crippen LogP contribution in [-0.4, -0.2) is 18.4 Å². The lowest BCUT2D eigenvalue weighted by Gasteiger charge is -2.30. The van der Waals surface area contributed by atoms with Gasteiger partial charge in [0, 0.05) is 18.8 Å². The molecule has 2 rings (SSSR count). The predicted octanol–water partition coefficient (Wildman–Crippen LogP) is 3.69. The summed E-state index contributed by atoms with van der Waals surface area (Å²) in [5.74, 6) is -0.476. The van der Waals surface area contributed by atoms with E-state index < -0.39 is 5.41 Å². The number of benzene rings is 2. The highest BCUT2D eigenvalue weighted by Crippen LogP contribution is 2.24. The Morgan fingerprint density at radius 3 is 2.32 bits per heavy atom. The zero-order valence-electron chi connectivity index (χ0n) is 15.4. The van der Waals surface area contributed by atoms with Crippen molar-refractivity contribution in [2.45, 2.75) is 34.2 Å². The van der Waals surface area contributed by atoms with Crippen LogP contribution in [0.5, 0.6) is 0 Å². The maximum absolute atomic E-state index is 13.0.